The zero-order valence-electron chi connectivity index (χ0n) is 8.75. The summed E-state index contributed by atoms with van der Waals surface area (Å²) in [4.78, 5) is 27.1. The summed E-state index contributed by atoms with van der Waals surface area (Å²) in [6.45, 7) is 0. The van der Waals surface area contributed by atoms with Crippen LogP contribution in [0.15, 0.2) is 24.4 Å². The zero-order chi connectivity index (χ0) is 13.3. The third-order valence-electron chi connectivity index (χ3n) is 2.22. The van der Waals surface area contributed by atoms with Gasteiger partial charge in [0.25, 0.3) is 5.69 Å². The van der Waals surface area contributed by atoms with Crippen molar-refractivity contribution >= 4 is 23.3 Å². The molecule has 1 aromatic carbocycles. The van der Waals surface area contributed by atoms with Crippen LogP contribution in [-0.4, -0.2) is 26.0 Å². The summed E-state index contributed by atoms with van der Waals surface area (Å²) in [5.74, 6) is -0.927. The monoisotopic (exact) mass is 267 g/mol. The normalized spacial score (nSPS) is 10.3. The van der Waals surface area contributed by atoms with Crippen molar-refractivity contribution in [1.82, 2.24) is 9.97 Å². The van der Waals surface area contributed by atoms with Crippen LogP contribution < -0.4 is 0 Å². The molecule has 2 rings (SSSR count). The van der Waals surface area contributed by atoms with Gasteiger partial charge in [-0.2, -0.15) is 0 Å². The Morgan fingerprint density at radius 3 is 2.78 bits per heavy atom. The van der Waals surface area contributed by atoms with Crippen LogP contribution in [0.2, 0.25) is 5.02 Å². The Kier molecular flexibility index (Phi) is 2.99. The van der Waals surface area contributed by atoms with E-state index in [1.54, 1.807) is 0 Å². The standard InChI is InChI=1S/C10H6ClN3O4/c11-6-2-1-5(3-8(6)14(17)18)9-12-4-7(13-9)10(15)16/h1-4H,(H,12,13)(H,15,16). The highest BCUT2D eigenvalue weighted by Crippen LogP contribution is 2.28. The predicted octanol–water partition coefficient (Wildman–Crippen LogP) is 2.34. The number of carboxylic acid groups (broad SMARTS) is 1. The summed E-state index contributed by atoms with van der Waals surface area (Å²) in [5.41, 5.74) is 0.0312. The van der Waals surface area contributed by atoms with E-state index in [0.29, 0.717) is 5.56 Å². The number of carboxylic acids is 1. The van der Waals surface area contributed by atoms with Crippen molar-refractivity contribution < 1.29 is 14.8 Å². The van der Waals surface area contributed by atoms with Gasteiger partial charge in [-0.15, -0.1) is 0 Å². The molecule has 0 aliphatic carbocycles. The first-order valence-electron chi connectivity index (χ1n) is 4.71. The van der Waals surface area contributed by atoms with Crippen LogP contribution >= 0.6 is 11.6 Å². The number of halogens is 1. The van der Waals surface area contributed by atoms with Crippen LogP contribution in [0.1, 0.15) is 10.5 Å². The number of rotatable bonds is 3. The van der Waals surface area contributed by atoms with Gasteiger partial charge in [-0.1, -0.05) is 11.6 Å². The lowest BCUT2D eigenvalue weighted by atomic mass is 10.2. The number of H-pyrrole nitrogens is 1. The highest BCUT2D eigenvalue weighted by Gasteiger charge is 2.15. The average molecular weight is 268 g/mol. The molecule has 0 amide bonds. The van der Waals surface area contributed by atoms with Gasteiger partial charge in [0.15, 0.2) is 0 Å². The third-order valence-corrected chi connectivity index (χ3v) is 2.54. The molecule has 18 heavy (non-hydrogen) atoms. The van der Waals surface area contributed by atoms with E-state index in [4.69, 9.17) is 16.7 Å². The first kappa shape index (κ1) is 12.1. The van der Waals surface area contributed by atoms with Gasteiger partial charge >= 0.3 is 5.97 Å². The zero-order valence-corrected chi connectivity index (χ0v) is 9.51. The summed E-state index contributed by atoms with van der Waals surface area (Å²) < 4.78 is 0. The fourth-order valence-corrected chi connectivity index (χ4v) is 1.56. The quantitative estimate of drug-likeness (QED) is 0.655. The number of nitrogens with zero attached hydrogens (tertiary/aromatic N) is 2. The van der Waals surface area contributed by atoms with E-state index in [1.165, 1.54) is 18.2 Å². The summed E-state index contributed by atoms with van der Waals surface area (Å²) in [6.07, 6.45) is 1.14. The largest absolute Gasteiger partial charge is 0.477 e. The van der Waals surface area contributed by atoms with Crippen molar-refractivity contribution in [3.8, 4) is 11.4 Å². The molecule has 1 aromatic heterocycles. The van der Waals surface area contributed by atoms with Gasteiger partial charge < -0.3 is 10.1 Å². The summed E-state index contributed by atoms with van der Waals surface area (Å²) in [7, 11) is 0. The molecule has 2 N–H and O–H groups in total. The first-order chi connectivity index (χ1) is 8.49. The molecule has 0 radical (unpaired) electrons. The van der Waals surface area contributed by atoms with E-state index in [2.05, 4.69) is 9.97 Å². The van der Waals surface area contributed by atoms with Crippen molar-refractivity contribution in [3.05, 3.63) is 45.2 Å². The number of hydrogen-bond donors (Lipinski definition) is 2. The maximum atomic E-state index is 10.7. The Hall–Kier alpha value is -2.41. The number of nitro benzene ring substituents is 1. The SMILES string of the molecule is O=C(O)c1cnc(-c2ccc(Cl)c([N+](=O)[O-])c2)[nH]1. The molecule has 0 saturated heterocycles. The molecule has 0 aliphatic rings. The Morgan fingerprint density at radius 1 is 1.50 bits per heavy atom. The number of hydrogen-bond acceptors (Lipinski definition) is 4. The number of nitrogens with one attached hydrogen (secondary N) is 1. The Labute approximate surface area is 105 Å². The number of aromatic carboxylic acids is 1. The smallest absolute Gasteiger partial charge is 0.353 e. The molecule has 1 heterocycles. The van der Waals surface area contributed by atoms with E-state index in [-0.39, 0.29) is 22.2 Å². The number of nitro groups is 1. The van der Waals surface area contributed by atoms with E-state index >= 15 is 0 Å². The first-order valence-corrected chi connectivity index (χ1v) is 5.09. The van der Waals surface area contributed by atoms with Gasteiger partial charge in [0.2, 0.25) is 0 Å². The topological polar surface area (TPSA) is 109 Å². The second-order valence-corrected chi connectivity index (χ2v) is 3.78. The molecule has 0 atom stereocenters. The van der Waals surface area contributed by atoms with Gasteiger partial charge in [0.05, 0.1) is 11.1 Å². The molecule has 8 heteroatoms. The molecule has 0 unspecified atom stereocenters. The Morgan fingerprint density at radius 2 is 2.22 bits per heavy atom. The fraction of sp³-hybridized carbons (Fsp3) is 0. The van der Waals surface area contributed by atoms with Gasteiger partial charge in [-0.25, -0.2) is 9.78 Å². The fourth-order valence-electron chi connectivity index (χ4n) is 1.38. The lowest BCUT2D eigenvalue weighted by Crippen LogP contribution is -1.95. The lowest BCUT2D eigenvalue weighted by molar-refractivity contribution is -0.384. The molecule has 0 spiro atoms. The molecule has 0 aliphatic heterocycles. The number of carbonyl (C=O) groups is 1. The molecule has 0 bridgehead atoms. The number of benzene rings is 1. The van der Waals surface area contributed by atoms with Crippen LogP contribution in [0.25, 0.3) is 11.4 Å². The maximum Gasteiger partial charge on any atom is 0.353 e. The molecule has 0 saturated carbocycles. The minimum Gasteiger partial charge on any atom is -0.477 e. The lowest BCUT2D eigenvalue weighted by Gasteiger charge is -1.99. The number of aromatic amines is 1. The highest BCUT2D eigenvalue weighted by atomic mass is 35.5. The molecular weight excluding hydrogens is 262 g/mol. The Balaban J connectivity index is 2.47. The number of aromatic nitrogens is 2. The van der Waals surface area contributed by atoms with Crippen LogP contribution in [0.4, 0.5) is 5.69 Å². The highest BCUT2D eigenvalue weighted by molar-refractivity contribution is 6.32. The van der Waals surface area contributed by atoms with Crippen LogP contribution in [-0.2, 0) is 0 Å². The van der Waals surface area contributed by atoms with Gasteiger partial charge in [0.1, 0.15) is 16.5 Å². The summed E-state index contributed by atoms with van der Waals surface area (Å²) in [5, 5.41) is 19.5. The molecule has 2 aromatic rings. The van der Waals surface area contributed by atoms with Crippen molar-refractivity contribution in [2.45, 2.75) is 0 Å². The molecular formula is C10H6ClN3O4. The van der Waals surface area contributed by atoms with E-state index in [9.17, 15) is 14.9 Å². The van der Waals surface area contributed by atoms with Crippen molar-refractivity contribution in [3.63, 3.8) is 0 Å². The number of imidazole rings is 1. The van der Waals surface area contributed by atoms with E-state index in [0.717, 1.165) is 6.20 Å². The van der Waals surface area contributed by atoms with Crippen molar-refractivity contribution in [2.24, 2.45) is 0 Å². The van der Waals surface area contributed by atoms with Gasteiger partial charge in [-0.3, -0.25) is 10.1 Å². The van der Waals surface area contributed by atoms with Gasteiger partial charge in [-0.05, 0) is 12.1 Å². The Bertz CT molecular complexity index is 638. The van der Waals surface area contributed by atoms with Crippen molar-refractivity contribution in [2.75, 3.05) is 0 Å². The maximum absolute atomic E-state index is 10.7. The van der Waals surface area contributed by atoms with E-state index in [1.807, 2.05) is 0 Å². The summed E-state index contributed by atoms with van der Waals surface area (Å²) >= 11 is 5.67. The minimum atomic E-state index is -1.16. The molecule has 0 fully saturated rings. The van der Waals surface area contributed by atoms with Crippen LogP contribution in [0.3, 0.4) is 0 Å². The summed E-state index contributed by atoms with van der Waals surface area (Å²) in [6, 6.07) is 4.10. The average Bonchev–Trinajstić information content (AvgIpc) is 2.78. The van der Waals surface area contributed by atoms with Crippen molar-refractivity contribution in [1.29, 1.82) is 0 Å². The molecule has 92 valence electrons. The minimum absolute atomic E-state index is 0.00811. The second kappa shape index (κ2) is 4.46. The van der Waals surface area contributed by atoms with E-state index < -0.39 is 10.9 Å². The third kappa shape index (κ3) is 2.16. The second-order valence-electron chi connectivity index (χ2n) is 3.37. The predicted molar refractivity (Wildman–Crippen MR) is 62.6 cm³/mol. The molecule has 7 nitrogen and oxygen atoms in total. The van der Waals surface area contributed by atoms with Crippen LogP contribution in [0.5, 0.6) is 0 Å². The van der Waals surface area contributed by atoms with Crippen LogP contribution in [0, 0.1) is 10.1 Å². The van der Waals surface area contributed by atoms with Gasteiger partial charge in [0, 0.05) is 11.6 Å².